The Bertz CT molecular complexity index is 266. The van der Waals surface area contributed by atoms with Gasteiger partial charge in [-0.05, 0) is 36.6 Å². The van der Waals surface area contributed by atoms with E-state index in [4.69, 9.17) is 0 Å². The van der Waals surface area contributed by atoms with Gasteiger partial charge in [0.25, 0.3) is 0 Å². The number of benzene rings is 1. The van der Waals surface area contributed by atoms with Crippen molar-refractivity contribution >= 4 is 0 Å². The van der Waals surface area contributed by atoms with Gasteiger partial charge in [-0.15, -0.1) is 0 Å². The molecule has 11 heavy (non-hydrogen) atoms. The zero-order chi connectivity index (χ0) is 7.68. The van der Waals surface area contributed by atoms with Gasteiger partial charge in [0.05, 0.1) is 0 Å². The highest BCUT2D eigenvalue weighted by Gasteiger charge is 2.06. The molecule has 0 unspecified atom stereocenters. The van der Waals surface area contributed by atoms with Gasteiger partial charge in [-0.25, -0.2) is 0 Å². The fraction of sp³-hybridized carbons (Fsp3) is 0.300. The molecule has 0 fully saturated rings. The lowest BCUT2D eigenvalue weighted by molar-refractivity contribution is 0.643. The molecule has 0 atom stereocenters. The Morgan fingerprint density at radius 2 is 2.18 bits per heavy atom. The van der Waals surface area contributed by atoms with Crippen molar-refractivity contribution in [2.75, 3.05) is 6.54 Å². The SMILES string of the molecule is [CH2]c1ccc2c(c1)CNCC2. The van der Waals surface area contributed by atoms with E-state index in [2.05, 4.69) is 30.4 Å². The Morgan fingerprint density at radius 1 is 1.27 bits per heavy atom. The van der Waals surface area contributed by atoms with Crippen LogP contribution in [0, 0.1) is 6.92 Å². The van der Waals surface area contributed by atoms with Gasteiger partial charge in [0, 0.05) is 6.54 Å². The standard InChI is InChI=1S/C10H12N/c1-8-2-3-9-4-5-11-7-10(9)6-8/h2-3,6,11H,1,4-5,7H2. The number of rotatable bonds is 0. The van der Waals surface area contributed by atoms with Crippen LogP contribution in [-0.4, -0.2) is 6.54 Å². The minimum Gasteiger partial charge on any atom is -0.312 e. The third-order valence-corrected chi connectivity index (χ3v) is 2.16. The zero-order valence-electron chi connectivity index (χ0n) is 6.56. The monoisotopic (exact) mass is 146 g/mol. The lowest BCUT2D eigenvalue weighted by Gasteiger charge is -2.16. The maximum absolute atomic E-state index is 3.90. The largest absolute Gasteiger partial charge is 0.312 e. The number of fused-ring (bicyclic) bond motifs is 1. The summed E-state index contributed by atoms with van der Waals surface area (Å²) in [7, 11) is 0. The molecule has 1 aliphatic rings. The van der Waals surface area contributed by atoms with E-state index in [1.54, 1.807) is 0 Å². The molecule has 1 heteroatoms. The van der Waals surface area contributed by atoms with E-state index in [9.17, 15) is 0 Å². The van der Waals surface area contributed by atoms with Crippen molar-refractivity contribution < 1.29 is 0 Å². The minimum absolute atomic E-state index is 1.01. The molecule has 1 heterocycles. The minimum atomic E-state index is 1.01. The summed E-state index contributed by atoms with van der Waals surface area (Å²) in [4.78, 5) is 0. The molecule has 0 aliphatic carbocycles. The van der Waals surface area contributed by atoms with Crippen LogP contribution in [0.1, 0.15) is 16.7 Å². The summed E-state index contributed by atoms with van der Waals surface area (Å²) in [6.45, 7) is 6.03. The second-order valence-corrected chi connectivity index (χ2v) is 3.03. The third kappa shape index (κ3) is 1.29. The molecule has 2 rings (SSSR count). The van der Waals surface area contributed by atoms with Gasteiger partial charge in [0.15, 0.2) is 0 Å². The molecular formula is C10H12N. The summed E-state index contributed by atoms with van der Waals surface area (Å²) in [5.74, 6) is 0. The molecule has 0 saturated heterocycles. The highest BCUT2D eigenvalue weighted by Crippen LogP contribution is 2.14. The summed E-state index contributed by atoms with van der Waals surface area (Å²) in [5.41, 5.74) is 4.02. The van der Waals surface area contributed by atoms with Crippen LogP contribution in [0.4, 0.5) is 0 Å². The predicted molar refractivity (Wildman–Crippen MR) is 46.3 cm³/mol. The molecule has 1 nitrogen and oxygen atoms in total. The second kappa shape index (κ2) is 2.67. The van der Waals surface area contributed by atoms with Gasteiger partial charge < -0.3 is 5.32 Å². The van der Waals surface area contributed by atoms with Crippen LogP contribution in [0.25, 0.3) is 0 Å². The number of hydrogen-bond donors (Lipinski definition) is 1. The average molecular weight is 146 g/mol. The Morgan fingerprint density at radius 3 is 3.09 bits per heavy atom. The van der Waals surface area contributed by atoms with Crippen LogP contribution < -0.4 is 5.32 Å². The van der Waals surface area contributed by atoms with Crippen LogP contribution in [0.15, 0.2) is 18.2 Å². The fourth-order valence-electron chi connectivity index (χ4n) is 1.53. The predicted octanol–water partition coefficient (Wildman–Crippen LogP) is 1.51. The van der Waals surface area contributed by atoms with Crippen molar-refractivity contribution in [3.05, 3.63) is 41.8 Å². The summed E-state index contributed by atoms with van der Waals surface area (Å²) in [5, 5.41) is 3.34. The maximum Gasteiger partial charge on any atom is 0.0208 e. The molecule has 0 aromatic heterocycles. The van der Waals surface area contributed by atoms with E-state index < -0.39 is 0 Å². The molecule has 1 aromatic rings. The van der Waals surface area contributed by atoms with Crippen molar-refractivity contribution in [2.45, 2.75) is 13.0 Å². The summed E-state index contributed by atoms with van der Waals surface area (Å²) < 4.78 is 0. The van der Waals surface area contributed by atoms with E-state index in [-0.39, 0.29) is 0 Å². The zero-order valence-corrected chi connectivity index (χ0v) is 6.56. The Balaban J connectivity index is 2.43. The van der Waals surface area contributed by atoms with Gasteiger partial charge in [0.2, 0.25) is 0 Å². The van der Waals surface area contributed by atoms with Crippen LogP contribution in [-0.2, 0) is 13.0 Å². The first-order valence-electron chi connectivity index (χ1n) is 4.01. The van der Waals surface area contributed by atoms with Gasteiger partial charge in [-0.2, -0.15) is 0 Å². The second-order valence-electron chi connectivity index (χ2n) is 3.03. The smallest absolute Gasteiger partial charge is 0.0208 e. The van der Waals surface area contributed by atoms with Gasteiger partial charge in [-0.1, -0.05) is 18.2 Å². The maximum atomic E-state index is 3.90. The molecule has 1 aromatic carbocycles. The van der Waals surface area contributed by atoms with E-state index >= 15 is 0 Å². The lowest BCUT2D eigenvalue weighted by Crippen LogP contribution is -2.23. The normalized spacial score (nSPS) is 16.1. The van der Waals surface area contributed by atoms with Crippen molar-refractivity contribution in [2.24, 2.45) is 0 Å². The van der Waals surface area contributed by atoms with Crippen molar-refractivity contribution in [1.82, 2.24) is 5.32 Å². The molecule has 0 bridgehead atoms. The average Bonchev–Trinajstić information content (AvgIpc) is 2.04. The first-order valence-corrected chi connectivity index (χ1v) is 4.01. The molecule has 1 aliphatic heterocycles. The van der Waals surface area contributed by atoms with Crippen molar-refractivity contribution in [1.29, 1.82) is 0 Å². The Kier molecular flexibility index (Phi) is 1.66. The van der Waals surface area contributed by atoms with Crippen LogP contribution in [0.5, 0.6) is 0 Å². The van der Waals surface area contributed by atoms with E-state index in [0.29, 0.717) is 0 Å². The molecule has 57 valence electrons. The third-order valence-electron chi connectivity index (χ3n) is 2.16. The van der Waals surface area contributed by atoms with Gasteiger partial charge in [0.1, 0.15) is 0 Å². The summed E-state index contributed by atoms with van der Waals surface area (Å²) in [6, 6.07) is 6.45. The lowest BCUT2D eigenvalue weighted by atomic mass is 9.99. The fourth-order valence-corrected chi connectivity index (χ4v) is 1.53. The molecular weight excluding hydrogens is 134 g/mol. The molecule has 1 radical (unpaired) electrons. The van der Waals surface area contributed by atoms with Gasteiger partial charge >= 0.3 is 0 Å². The molecule has 0 saturated carbocycles. The topological polar surface area (TPSA) is 12.0 Å². The van der Waals surface area contributed by atoms with Gasteiger partial charge in [-0.3, -0.25) is 0 Å². The number of nitrogens with one attached hydrogen (secondary N) is 1. The Labute approximate surface area is 67.4 Å². The summed E-state index contributed by atoms with van der Waals surface area (Å²) in [6.07, 6.45) is 1.16. The quantitative estimate of drug-likeness (QED) is 0.585. The van der Waals surface area contributed by atoms with Crippen LogP contribution >= 0.6 is 0 Å². The first-order chi connectivity index (χ1) is 5.36. The van der Waals surface area contributed by atoms with Crippen molar-refractivity contribution in [3.8, 4) is 0 Å². The van der Waals surface area contributed by atoms with E-state index in [0.717, 1.165) is 25.1 Å². The van der Waals surface area contributed by atoms with E-state index in [1.807, 2.05) is 0 Å². The highest BCUT2D eigenvalue weighted by molar-refractivity contribution is 5.34. The van der Waals surface area contributed by atoms with E-state index in [1.165, 1.54) is 11.1 Å². The molecule has 0 amide bonds. The molecule has 1 N–H and O–H groups in total. The molecule has 0 spiro atoms. The first kappa shape index (κ1) is 6.86. The van der Waals surface area contributed by atoms with Crippen LogP contribution in [0.3, 0.4) is 0 Å². The number of hydrogen-bond acceptors (Lipinski definition) is 1. The Hall–Kier alpha value is -0.820. The van der Waals surface area contributed by atoms with Crippen LogP contribution in [0.2, 0.25) is 0 Å². The van der Waals surface area contributed by atoms with Crippen molar-refractivity contribution in [3.63, 3.8) is 0 Å². The highest BCUT2D eigenvalue weighted by atomic mass is 14.9. The summed E-state index contributed by atoms with van der Waals surface area (Å²) >= 11 is 0.